The molecule has 9 nitrogen and oxygen atoms in total. The van der Waals surface area contributed by atoms with Crippen LogP contribution in [0.2, 0.25) is 0 Å². The molecule has 0 radical (unpaired) electrons. The minimum absolute atomic E-state index is 0.0424. The Bertz CT molecular complexity index is 1170. The first-order valence-corrected chi connectivity index (χ1v) is 17.8. The molecule has 0 bridgehead atoms. The number of rotatable bonds is 12. The van der Waals surface area contributed by atoms with Gasteiger partial charge >= 0.3 is 14.5 Å². The number of ketones is 1. The molecule has 0 saturated carbocycles. The summed E-state index contributed by atoms with van der Waals surface area (Å²) in [7, 11) is -2.62. The van der Waals surface area contributed by atoms with Gasteiger partial charge < -0.3 is 20.0 Å². The van der Waals surface area contributed by atoms with Crippen LogP contribution in [0, 0.1) is 0 Å². The van der Waals surface area contributed by atoms with Crippen LogP contribution in [0.3, 0.4) is 0 Å². The van der Waals surface area contributed by atoms with Gasteiger partial charge in [0.05, 0.1) is 17.6 Å². The first-order valence-electron chi connectivity index (χ1n) is 13.4. The number of nitrogens with one attached hydrogen (secondary N) is 1. The van der Waals surface area contributed by atoms with Crippen LogP contribution in [0.5, 0.6) is 0 Å². The van der Waals surface area contributed by atoms with Gasteiger partial charge in [0.15, 0.2) is 11.3 Å². The van der Waals surface area contributed by atoms with E-state index in [1.165, 1.54) is 4.90 Å². The summed E-state index contributed by atoms with van der Waals surface area (Å²) in [6.45, 7) is 0.303. The molecule has 2 heterocycles. The molecule has 1 unspecified atom stereocenters. The highest BCUT2D eigenvalue weighted by Gasteiger charge is 2.56. The first-order chi connectivity index (χ1) is 19.1. The maximum atomic E-state index is 13.7. The largest absolute Gasteiger partial charge is 0.480 e. The predicted molar refractivity (Wildman–Crippen MR) is 160 cm³/mol. The molecule has 0 aromatic heterocycles. The molecule has 2 aromatic carbocycles. The second kappa shape index (κ2) is 13.6. The Hall–Kier alpha value is -2.19. The standard InChI is InChI=1S/C28H37N3O6S2Si/c1-30(18-23(32)28(27(34)35)13-8-14-31(28)25-19-38-15-16-39-25)20-40(36,37)24(17-21-9-4-2-5-10-21)29-26(33)22-11-6-3-7-12-22/h2-7,9-12,24-25,36-37H,8,13-20H2,1H3,(H,29,33)(H,34,35)/t24-,25?,28-/m1/s1. The molecule has 2 aromatic rings. The summed E-state index contributed by atoms with van der Waals surface area (Å²) >= 11 is 3.47. The van der Waals surface area contributed by atoms with Gasteiger partial charge in [0.25, 0.3) is 5.91 Å². The quantitative estimate of drug-likeness (QED) is 0.210. The maximum Gasteiger partial charge on any atom is 0.370 e. The fraction of sp³-hybridized carbons (Fsp3) is 0.464. The van der Waals surface area contributed by atoms with Gasteiger partial charge in [-0.1, -0.05) is 48.5 Å². The number of benzene rings is 2. The van der Waals surface area contributed by atoms with E-state index >= 15 is 0 Å². The van der Waals surface area contributed by atoms with Crippen molar-refractivity contribution >= 4 is 49.7 Å². The summed E-state index contributed by atoms with van der Waals surface area (Å²) in [5.74, 6) is 0.678. The van der Waals surface area contributed by atoms with Crippen molar-refractivity contribution in [2.24, 2.45) is 0 Å². The lowest BCUT2D eigenvalue weighted by atomic mass is 9.90. The van der Waals surface area contributed by atoms with Crippen LogP contribution < -0.4 is 5.32 Å². The van der Waals surface area contributed by atoms with E-state index in [1.807, 2.05) is 35.2 Å². The van der Waals surface area contributed by atoms with Crippen LogP contribution in [-0.4, -0.2) is 111 Å². The Kier molecular flexibility index (Phi) is 10.5. The molecule has 2 fully saturated rings. The summed E-state index contributed by atoms with van der Waals surface area (Å²) in [4.78, 5) is 65.4. The summed E-state index contributed by atoms with van der Waals surface area (Å²) < 4.78 is 0. The normalized spacial score (nSPS) is 22.6. The molecule has 0 spiro atoms. The van der Waals surface area contributed by atoms with Crippen molar-refractivity contribution in [3.63, 3.8) is 0 Å². The molecule has 0 aliphatic carbocycles. The number of aliphatic carboxylic acids is 1. The number of thioether (sulfide) groups is 2. The van der Waals surface area contributed by atoms with Gasteiger partial charge in [-0.15, -0.1) is 11.8 Å². The summed E-state index contributed by atoms with van der Waals surface area (Å²) in [5, 5.41) is 13.1. The summed E-state index contributed by atoms with van der Waals surface area (Å²) in [5.41, 5.74) is -1.36. The monoisotopic (exact) mass is 603 g/mol. The van der Waals surface area contributed by atoms with Crippen LogP contribution in [-0.2, 0) is 16.0 Å². The second-order valence-corrected chi connectivity index (χ2v) is 15.6. The number of carbonyl (C=O) groups is 3. The third kappa shape index (κ3) is 7.17. The Morgan fingerprint density at radius 3 is 2.40 bits per heavy atom. The van der Waals surface area contributed by atoms with E-state index in [9.17, 15) is 29.1 Å². The van der Waals surface area contributed by atoms with Crippen molar-refractivity contribution in [3.8, 4) is 0 Å². The summed E-state index contributed by atoms with van der Waals surface area (Å²) in [6.07, 6.45) is 0.813. The van der Waals surface area contributed by atoms with Gasteiger partial charge in [-0.3, -0.25) is 19.4 Å². The van der Waals surface area contributed by atoms with Crippen LogP contribution in [0.4, 0.5) is 0 Å². The summed E-state index contributed by atoms with van der Waals surface area (Å²) in [6, 6.07) is 17.8. The molecule has 3 atom stereocenters. The molecule has 12 heteroatoms. The molecule has 1 amide bonds. The Morgan fingerprint density at radius 2 is 1.77 bits per heavy atom. The first kappa shape index (κ1) is 30.8. The molecule has 40 heavy (non-hydrogen) atoms. The zero-order valence-corrected chi connectivity index (χ0v) is 25.2. The Labute approximate surface area is 244 Å². The van der Waals surface area contributed by atoms with Gasteiger partial charge in [0.1, 0.15) is 0 Å². The average molecular weight is 604 g/mol. The Balaban J connectivity index is 1.49. The van der Waals surface area contributed by atoms with Crippen molar-refractivity contribution in [2.75, 3.05) is 43.6 Å². The fourth-order valence-corrected chi connectivity index (χ4v) is 10.4. The van der Waals surface area contributed by atoms with Crippen molar-refractivity contribution in [3.05, 3.63) is 71.8 Å². The lowest BCUT2D eigenvalue weighted by molar-refractivity contribution is -0.156. The third-order valence-corrected chi connectivity index (χ3v) is 12.7. The number of Topliss-reactive ketones (excluding diaryl/α,β-unsaturated/α-hetero) is 1. The number of nitrogens with zero attached hydrogens (tertiary/aromatic N) is 2. The topological polar surface area (TPSA) is 130 Å². The predicted octanol–water partition coefficient (Wildman–Crippen LogP) is 1.76. The van der Waals surface area contributed by atoms with Crippen LogP contribution in [0.1, 0.15) is 28.8 Å². The highest BCUT2D eigenvalue weighted by Crippen LogP contribution is 2.39. The molecule has 2 aliphatic rings. The zero-order chi connectivity index (χ0) is 28.8. The van der Waals surface area contributed by atoms with Crippen molar-refractivity contribution in [2.45, 2.75) is 35.8 Å². The van der Waals surface area contributed by atoms with Gasteiger partial charge in [-0.2, -0.15) is 11.8 Å². The lowest BCUT2D eigenvalue weighted by Gasteiger charge is -2.40. The minimum Gasteiger partial charge on any atom is -0.480 e. The van der Waals surface area contributed by atoms with Crippen molar-refractivity contribution < 1.29 is 29.1 Å². The minimum atomic E-state index is -4.21. The second-order valence-electron chi connectivity index (χ2n) is 10.4. The molecule has 2 saturated heterocycles. The van der Waals surface area contributed by atoms with Gasteiger partial charge in [-0.05, 0) is 44.0 Å². The Morgan fingerprint density at radius 1 is 1.10 bits per heavy atom. The van der Waals surface area contributed by atoms with Crippen molar-refractivity contribution in [1.29, 1.82) is 0 Å². The molecule has 2 aliphatic heterocycles. The molecule has 4 N–H and O–H groups in total. The van der Waals surface area contributed by atoms with Gasteiger partial charge in [-0.25, -0.2) is 4.79 Å². The van der Waals surface area contributed by atoms with E-state index in [0.29, 0.717) is 18.5 Å². The van der Waals surface area contributed by atoms with Crippen molar-refractivity contribution in [1.82, 2.24) is 15.1 Å². The highest BCUT2D eigenvalue weighted by molar-refractivity contribution is 8.06. The number of carboxylic acids is 1. The maximum absolute atomic E-state index is 13.7. The van der Waals surface area contributed by atoms with Crippen LogP contribution in [0.15, 0.2) is 60.7 Å². The van der Waals surface area contributed by atoms with E-state index in [4.69, 9.17) is 0 Å². The highest BCUT2D eigenvalue weighted by atomic mass is 32.2. The number of likely N-dealkylation sites (N-methyl/N-ethyl adjacent to an activating group) is 1. The third-order valence-electron chi connectivity index (χ3n) is 7.49. The van der Waals surface area contributed by atoms with E-state index in [0.717, 1.165) is 22.8 Å². The van der Waals surface area contributed by atoms with Crippen LogP contribution in [0.25, 0.3) is 0 Å². The lowest BCUT2D eigenvalue weighted by Crippen LogP contribution is -2.65. The van der Waals surface area contributed by atoms with Gasteiger partial charge in [0.2, 0.25) is 0 Å². The SMILES string of the molecule is CN(CC(=O)[C@@]1(C(=O)O)CCCN1C1CSCCS1)C[Si](O)(O)[C@H](Cc1ccccc1)NC(=O)c1ccccc1. The van der Waals surface area contributed by atoms with E-state index < -0.39 is 37.4 Å². The number of carboxylic acid groups (broad SMARTS) is 1. The molecular weight excluding hydrogens is 567 g/mol. The average Bonchev–Trinajstić information content (AvgIpc) is 3.40. The number of carbonyl (C=O) groups excluding carboxylic acids is 2. The number of amides is 1. The zero-order valence-electron chi connectivity index (χ0n) is 22.6. The fourth-order valence-electron chi connectivity index (χ4n) is 5.48. The number of hydrogen-bond donors (Lipinski definition) is 4. The van der Waals surface area contributed by atoms with E-state index in [-0.39, 0.29) is 30.9 Å². The number of hydrogen-bond acceptors (Lipinski definition) is 9. The van der Waals surface area contributed by atoms with E-state index in [1.54, 1.807) is 60.9 Å². The van der Waals surface area contributed by atoms with Gasteiger partial charge in [0, 0.05) is 35.5 Å². The van der Waals surface area contributed by atoms with E-state index in [2.05, 4.69) is 5.32 Å². The number of likely N-dealkylation sites (tertiary alicyclic amines) is 1. The molecule has 4 rings (SSSR count). The molecule has 216 valence electrons. The molecular formula is C28H37N3O6S2Si. The van der Waals surface area contributed by atoms with Crippen LogP contribution >= 0.6 is 23.5 Å². The smallest absolute Gasteiger partial charge is 0.370 e.